The Bertz CT molecular complexity index is 356. The molecule has 1 aliphatic carbocycles. The van der Waals surface area contributed by atoms with Crippen LogP contribution in [0.3, 0.4) is 0 Å². The minimum absolute atomic E-state index is 0.284. The molecule has 1 saturated carbocycles. The van der Waals surface area contributed by atoms with E-state index in [0.29, 0.717) is 6.42 Å². The molecular formula is C12H14O3. The lowest BCUT2D eigenvalue weighted by Crippen LogP contribution is -2.15. The van der Waals surface area contributed by atoms with Gasteiger partial charge >= 0.3 is 5.97 Å². The molecule has 2 atom stereocenters. The summed E-state index contributed by atoms with van der Waals surface area (Å²) in [6.45, 7) is 1.94. The molecule has 1 aliphatic rings. The predicted molar refractivity (Wildman–Crippen MR) is 55.0 cm³/mol. The second kappa shape index (κ2) is 3.66. The van der Waals surface area contributed by atoms with Crippen LogP contribution in [0, 0.1) is 5.92 Å². The number of carbonyl (C=O) groups excluding carboxylic acids is 1. The normalized spacial score (nSPS) is 28.5. The average molecular weight is 206 g/mol. The van der Waals surface area contributed by atoms with Gasteiger partial charge in [0.1, 0.15) is 6.61 Å². The quantitative estimate of drug-likeness (QED) is 0.762. The van der Waals surface area contributed by atoms with Gasteiger partial charge in [-0.15, -0.1) is 0 Å². The zero-order valence-corrected chi connectivity index (χ0v) is 8.64. The topological polar surface area (TPSA) is 46.5 Å². The summed E-state index contributed by atoms with van der Waals surface area (Å²) in [4.78, 5) is 11.4. The fourth-order valence-electron chi connectivity index (χ4n) is 1.52. The lowest BCUT2D eigenvalue weighted by molar-refractivity contribution is -0.148. The fraction of sp³-hybridized carbons (Fsp3) is 0.417. The van der Waals surface area contributed by atoms with Crippen molar-refractivity contribution in [2.24, 2.45) is 5.92 Å². The van der Waals surface area contributed by atoms with Crippen LogP contribution in [0.15, 0.2) is 30.3 Å². The molecule has 2 rings (SSSR count). The summed E-state index contributed by atoms with van der Waals surface area (Å²) in [7, 11) is 0. The summed E-state index contributed by atoms with van der Waals surface area (Å²) in [5.41, 5.74) is 0.125. The maximum Gasteiger partial charge on any atom is 0.312 e. The zero-order chi connectivity index (χ0) is 10.9. The molecule has 0 bridgehead atoms. The number of carbonyl (C=O) groups is 1. The van der Waals surface area contributed by atoms with E-state index in [-0.39, 0.29) is 18.5 Å². The van der Waals surface area contributed by atoms with Crippen molar-refractivity contribution in [3.05, 3.63) is 35.9 Å². The molecule has 15 heavy (non-hydrogen) atoms. The van der Waals surface area contributed by atoms with Crippen molar-refractivity contribution in [1.82, 2.24) is 0 Å². The van der Waals surface area contributed by atoms with E-state index in [9.17, 15) is 9.90 Å². The third kappa shape index (κ3) is 2.36. The number of hydrogen-bond donors (Lipinski definition) is 1. The standard InChI is InChI=1S/C12H14O3/c1-12(14)7-10(12)11(13)15-8-9-5-3-2-4-6-9/h2-6,10,14H,7-8H2,1H3/t10-,12-/m0/s1. The molecule has 0 aliphatic heterocycles. The number of ether oxygens (including phenoxy) is 1. The lowest BCUT2D eigenvalue weighted by atomic mass is 10.2. The lowest BCUT2D eigenvalue weighted by Gasteiger charge is -2.05. The third-order valence-electron chi connectivity index (χ3n) is 2.72. The molecule has 80 valence electrons. The predicted octanol–water partition coefficient (Wildman–Crippen LogP) is 1.50. The number of esters is 1. The Labute approximate surface area is 88.7 Å². The van der Waals surface area contributed by atoms with E-state index in [0.717, 1.165) is 5.56 Å². The Kier molecular flexibility index (Phi) is 2.49. The van der Waals surface area contributed by atoms with Crippen molar-refractivity contribution in [2.45, 2.75) is 25.6 Å². The highest BCUT2D eigenvalue weighted by molar-refractivity contribution is 5.77. The van der Waals surface area contributed by atoms with Crippen molar-refractivity contribution >= 4 is 5.97 Å². The fourth-order valence-corrected chi connectivity index (χ4v) is 1.52. The van der Waals surface area contributed by atoms with Gasteiger partial charge in [-0.05, 0) is 18.9 Å². The monoisotopic (exact) mass is 206 g/mol. The third-order valence-corrected chi connectivity index (χ3v) is 2.72. The Balaban J connectivity index is 1.82. The van der Waals surface area contributed by atoms with Crippen molar-refractivity contribution < 1.29 is 14.6 Å². The minimum Gasteiger partial charge on any atom is -0.461 e. The van der Waals surface area contributed by atoms with E-state index in [4.69, 9.17) is 4.74 Å². The van der Waals surface area contributed by atoms with Crippen LogP contribution in [0.4, 0.5) is 0 Å². The summed E-state index contributed by atoms with van der Waals surface area (Å²) in [6.07, 6.45) is 0.515. The minimum atomic E-state index is -0.840. The molecule has 0 amide bonds. The van der Waals surface area contributed by atoms with E-state index in [1.807, 2.05) is 30.3 Å². The Hall–Kier alpha value is -1.35. The van der Waals surface area contributed by atoms with Gasteiger partial charge in [-0.3, -0.25) is 4.79 Å². The summed E-state index contributed by atoms with van der Waals surface area (Å²) in [6, 6.07) is 9.51. The second-order valence-electron chi connectivity index (χ2n) is 4.21. The van der Waals surface area contributed by atoms with E-state index < -0.39 is 5.60 Å². The zero-order valence-electron chi connectivity index (χ0n) is 8.64. The second-order valence-corrected chi connectivity index (χ2v) is 4.21. The van der Waals surface area contributed by atoms with E-state index >= 15 is 0 Å². The molecule has 0 spiro atoms. The van der Waals surface area contributed by atoms with Gasteiger partial charge in [0, 0.05) is 0 Å². The largest absolute Gasteiger partial charge is 0.461 e. The highest BCUT2D eigenvalue weighted by atomic mass is 16.5. The van der Waals surface area contributed by atoms with Crippen molar-refractivity contribution in [3.8, 4) is 0 Å². The van der Waals surface area contributed by atoms with Gasteiger partial charge in [-0.2, -0.15) is 0 Å². The van der Waals surface area contributed by atoms with Gasteiger partial charge < -0.3 is 9.84 Å². The maximum absolute atomic E-state index is 11.4. The molecule has 3 heteroatoms. The Morgan fingerprint density at radius 3 is 2.67 bits per heavy atom. The van der Waals surface area contributed by atoms with Crippen LogP contribution >= 0.6 is 0 Å². The van der Waals surface area contributed by atoms with Gasteiger partial charge in [0.25, 0.3) is 0 Å². The van der Waals surface area contributed by atoms with Crippen LogP contribution in [0.1, 0.15) is 18.9 Å². The summed E-state index contributed by atoms with van der Waals surface area (Å²) < 4.78 is 5.09. The Morgan fingerprint density at radius 1 is 1.53 bits per heavy atom. The van der Waals surface area contributed by atoms with E-state index in [2.05, 4.69) is 0 Å². The first kappa shape index (κ1) is 10.2. The highest BCUT2D eigenvalue weighted by Crippen LogP contribution is 2.43. The van der Waals surface area contributed by atoms with Gasteiger partial charge in [0.2, 0.25) is 0 Å². The van der Waals surface area contributed by atoms with Crippen molar-refractivity contribution in [2.75, 3.05) is 0 Å². The molecule has 0 radical (unpaired) electrons. The first-order chi connectivity index (χ1) is 7.09. The molecule has 0 unspecified atom stereocenters. The summed E-state index contributed by atoms with van der Waals surface area (Å²) in [5, 5.41) is 9.46. The van der Waals surface area contributed by atoms with Crippen LogP contribution < -0.4 is 0 Å². The van der Waals surface area contributed by atoms with Crippen LogP contribution in [0.5, 0.6) is 0 Å². The van der Waals surface area contributed by atoms with Crippen LogP contribution in [0.2, 0.25) is 0 Å². The smallest absolute Gasteiger partial charge is 0.312 e. The van der Waals surface area contributed by atoms with Crippen molar-refractivity contribution in [1.29, 1.82) is 0 Å². The Morgan fingerprint density at radius 2 is 2.13 bits per heavy atom. The number of aliphatic hydroxyl groups is 1. The number of rotatable bonds is 3. The van der Waals surface area contributed by atoms with Gasteiger partial charge in [0.05, 0.1) is 11.5 Å². The average Bonchev–Trinajstić information content (AvgIpc) is 2.86. The number of benzene rings is 1. The van der Waals surface area contributed by atoms with Crippen LogP contribution in [-0.2, 0) is 16.1 Å². The molecule has 1 fully saturated rings. The van der Waals surface area contributed by atoms with Crippen LogP contribution in [0.25, 0.3) is 0 Å². The van der Waals surface area contributed by atoms with Gasteiger partial charge in [0.15, 0.2) is 0 Å². The molecule has 0 aromatic heterocycles. The summed E-state index contributed by atoms with van der Waals surface area (Å²) >= 11 is 0. The SMILES string of the molecule is C[C@]1(O)C[C@H]1C(=O)OCc1ccccc1. The summed E-state index contributed by atoms with van der Waals surface area (Å²) in [5.74, 6) is -0.634. The molecule has 3 nitrogen and oxygen atoms in total. The van der Waals surface area contributed by atoms with Gasteiger partial charge in [-0.1, -0.05) is 30.3 Å². The van der Waals surface area contributed by atoms with Crippen molar-refractivity contribution in [3.63, 3.8) is 0 Å². The molecule has 1 N–H and O–H groups in total. The molecule has 0 heterocycles. The maximum atomic E-state index is 11.4. The van der Waals surface area contributed by atoms with Gasteiger partial charge in [-0.25, -0.2) is 0 Å². The molecule has 1 aromatic carbocycles. The highest BCUT2D eigenvalue weighted by Gasteiger charge is 2.54. The first-order valence-electron chi connectivity index (χ1n) is 5.02. The molecule has 1 aromatic rings. The number of hydrogen-bond acceptors (Lipinski definition) is 3. The first-order valence-corrected chi connectivity index (χ1v) is 5.02. The van der Waals surface area contributed by atoms with E-state index in [1.54, 1.807) is 6.92 Å². The molecule has 0 saturated heterocycles. The molecular weight excluding hydrogens is 192 g/mol. The van der Waals surface area contributed by atoms with E-state index in [1.165, 1.54) is 0 Å². The van der Waals surface area contributed by atoms with Crippen LogP contribution in [-0.4, -0.2) is 16.7 Å².